The van der Waals surface area contributed by atoms with Gasteiger partial charge in [0, 0.05) is 12.1 Å². The molecule has 0 aliphatic heterocycles. The van der Waals surface area contributed by atoms with Gasteiger partial charge < -0.3 is 14.8 Å². The predicted molar refractivity (Wildman–Crippen MR) is 106 cm³/mol. The van der Waals surface area contributed by atoms with Crippen molar-refractivity contribution in [2.75, 3.05) is 12.4 Å². The van der Waals surface area contributed by atoms with Gasteiger partial charge in [-0.05, 0) is 47.7 Å². The molecule has 5 nitrogen and oxygen atoms in total. The molecule has 0 fully saturated rings. The minimum atomic E-state index is -0.428. The van der Waals surface area contributed by atoms with Gasteiger partial charge in [0.15, 0.2) is 10.6 Å². The highest BCUT2D eigenvalue weighted by Gasteiger charge is 2.15. The third kappa shape index (κ3) is 5.18. The Morgan fingerprint density at radius 1 is 1.00 bits per heavy atom. The van der Waals surface area contributed by atoms with Crippen molar-refractivity contribution in [1.29, 1.82) is 0 Å². The fraction of sp³-hybridized carbons (Fsp3) is 0.143. The summed E-state index contributed by atoms with van der Waals surface area (Å²) < 4.78 is 10.5. The molecule has 1 aromatic heterocycles. The Balaban J connectivity index is 1.55. The van der Waals surface area contributed by atoms with Crippen molar-refractivity contribution >= 4 is 28.9 Å². The lowest BCUT2D eigenvalue weighted by Crippen LogP contribution is -2.12. The molecule has 0 radical (unpaired) electrons. The summed E-state index contributed by atoms with van der Waals surface area (Å²) in [5.74, 6) is 0.549. The summed E-state index contributed by atoms with van der Waals surface area (Å²) in [6.45, 7) is 0. The van der Waals surface area contributed by atoms with Gasteiger partial charge in [0.25, 0.3) is 0 Å². The molecule has 1 amide bonds. The normalized spacial score (nSPS) is 10.3. The number of rotatable bonds is 7. The molecule has 0 unspecified atom stereocenters. The van der Waals surface area contributed by atoms with Crippen molar-refractivity contribution < 1.29 is 19.1 Å². The Morgan fingerprint density at radius 3 is 2.44 bits per heavy atom. The molecule has 2 aromatic carbocycles. The number of thiophene rings is 1. The second kappa shape index (κ2) is 9.00. The number of methoxy groups -OCH3 is 1. The fourth-order valence-corrected chi connectivity index (χ4v) is 3.21. The monoisotopic (exact) mass is 381 g/mol. The van der Waals surface area contributed by atoms with Crippen molar-refractivity contribution in [2.24, 2.45) is 0 Å². The van der Waals surface area contributed by atoms with E-state index < -0.39 is 5.97 Å². The Bertz CT molecular complexity index is 903. The van der Waals surface area contributed by atoms with Crippen LogP contribution < -0.4 is 10.1 Å². The highest BCUT2D eigenvalue weighted by atomic mass is 32.1. The summed E-state index contributed by atoms with van der Waals surface area (Å²) in [7, 11) is 1.33. The summed E-state index contributed by atoms with van der Waals surface area (Å²) in [6.07, 6.45) is 1.11. The highest BCUT2D eigenvalue weighted by Crippen LogP contribution is 2.30. The van der Waals surface area contributed by atoms with Crippen LogP contribution >= 0.6 is 11.3 Å². The number of esters is 1. The number of amides is 1. The first-order valence-electron chi connectivity index (χ1n) is 8.43. The van der Waals surface area contributed by atoms with Crippen molar-refractivity contribution in [1.82, 2.24) is 0 Å². The number of anilines is 1. The largest absolute Gasteiger partial charge is 0.465 e. The maximum atomic E-state index is 12.1. The summed E-state index contributed by atoms with van der Waals surface area (Å²) in [4.78, 5) is 24.2. The average molecular weight is 381 g/mol. The number of hydrogen-bond acceptors (Lipinski definition) is 5. The zero-order valence-electron chi connectivity index (χ0n) is 14.8. The van der Waals surface area contributed by atoms with Crippen LogP contribution in [0.25, 0.3) is 0 Å². The molecule has 1 heterocycles. The molecule has 27 heavy (non-hydrogen) atoms. The molecule has 0 aliphatic rings. The van der Waals surface area contributed by atoms with Gasteiger partial charge in [-0.25, -0.2) is 4.79 Å². The molecule has 138 valence electrons. The molecule has 0 spiro atoms. The van der Waals surface area contributed by atoms with E-state index in [2.05, 4.69) is 5.32 Å². The standard InChI is InChI=1S/C21H19NO4S/c1-25-21(24)20-18(13-14-27-20)26-17-10-8-16(9-11-17)22-19(23)12-7-15-5-3-2-4-6-15/h2-6,8-11,13-14H,7,12H2,1H3,(H,22,23). The van der Waals surface area contributed by atoms with Crippen LogP contribution in [0, 0.1) is 0 Å². The Morgan fingerprint density at radius 2 is 1.74 bits per heavy atom. The number of carbonyl (C=O) groups excluding carboxylic acids is 2. The van der Waals surface area contributed by atoms with Crippen LogP contribution in [0.15, 0.2) is 66.0 Å². The molecule has 0 aliphatic carbocycles. The zero-order valence-corrected chi connectivity index (χ0v) is 15.6. The summed E-state index contributed by atoms with van der Waals surface area (Å²) >= 11 is 1.26. The molecule has 0 atom stereocenters. The molecule has 3 aromatic rings. The molecular formula is C21H19NO4S. The van der Waals surface area contributed by atoms with Gasteiger partial charge in [-0.15, -0.1) is 11.3 Å². The van der Waals surface area contributed by atoms with E-state index in [-0.39, 0.29) is 5.91 Å². The number of aryl methyl sites for hydroxylation is 1. The van der Waals surface area contributed by atoms with Gasteiger partial charge >= 0.3 is 5.97 Å². The Hall–Kier alpha value is -3.12. The second-order valence-corrected chi connectivity index (χ2v) is 6.68. The fourth-order valence-electron chi connectivity index (χ4n) is 2.48. The second-order valence-electron chi connectivity index (χ2n) is 5.77. The van der Waals surface area contributed by atoms with Gasteiger partial charge in [-0.1, -0.05) is 30.3 Å². The number of nitrogens with one attached hydrogen (secondary N) is 1. The number of benzene rings is 2. The van der Waals surface area contributed by atoms with Gasteiger partial charge in [0.2, 0.25) is 5.91 Å². The van der Waals surface area contributed by atoms with Crippen LogP contribution in [0.2, 0.25) is 0 Å². The first-order chi connectivity index (χ1) is 13.2. The van der Waals surface area contributed by atoms with Crippen LogP contribution in [-0.4, -0.2) is 19.0 Å². The molecule has 0 saturated heterocycles. The average Bonchev–Trinajstić information content (AvgIpc) is 3.16. The van der Waals surface area contributed by atoms with Crippen molar-refractivity contribution in [3.05, 3.63) is 76.5 Å². The predicted octanol–water partition coefficient (Wildman–Crippen LogP) is 4.90. The number of hydrogen-bond donors (Lipinski definition) is 1. The summed E-state index contributed by atoms with van der Waals surface area (Å²) in [5.41, 5.74) is 1.83. The van der Waals surface area contributed by atoms with Crippen LogP contribution in [0.3, 0.4) is 0 Å². The van der Waals surface area contributed by atoms with Gasteiger partial charge in [0.1, 0.15) is 5.75 Å². The first kappa shape index (κ1) is 18.7. The van der Waals surface area contributed by atoms with Gasteiger partial charge in [-0.3, -0.25) is 4.79 Å². The summed E-state index contributed by atoms with van der Waals surface area (Å²) in [6, 6.07) is 18.6. The lowest BCUT2D eigenvalue weighted by atomic mass is 10.1. The van der Waals surface area contributed by atoms with E-state index in [0.717, 1.165) is 5.56 Å². The lowest BCUT2D eigenvalue weighted by molar-refractivity contribution is -0.116. The van der Waals surface area contributed by atoms with Crippen molar-refractivity contribution in [3.8, 4) is 11.5 Å². The Kier molecular flexibility index (Phi) is 6.22. The molecule has 0 bridgehead atoms. The van der Waals surface area contributed by atoms with E-state index in [4.69, 9.17) is 9.47 Å². The Labute approximate surface area is 161 Å². The minimum absolute atomic E-state index is 0.0432. The van der Waals surface area contributed by atoms with Crippen LogP contribution in [0.4, 0.5) is 5.69 Å². The zero-order chi connectivity index (χ0) is 19.1. The van der Waals surface area contributed by atoms with E-state index in [0.29, 0.717) is 34.9 Å². The van der Waals surface area contributed by atoms with Crippen molar-refractivity contribution in [3.63, 3.8) is 0 Å². The van der Waals surface area contributed by atoms with E-state index in [1.165, 1.54) is 18.4 Å². The third-order valence-electron chi connectivity index (χ3n) is 3.85. The smallest absolute Gasteiger partial charge is 0.351 e. The number of carbonyl (C=O) groups is 2. The minimum Gasteiger partial charge on any atom is -0.465 e. The lowest BCUT2D eigenvalue weighted by Gasteiger charge is -2.08. The van der Waals surface area contributed by atoms with Crippen LogP contribution in [0.1, 0.15) is 21.7 Å². The van der Waals surface area contributed by atoms with Gasteiger partial charge in [-0.2, -0.15) is 0 Å². The van der Waals surface area contributed by atoms with E-state index in [1.807, 2.05) is 30.3 Å². The van der Waals surface area contributed by atoms with Gasteiger partial charge in [0.05, 0.1) is 7.11 Å². The molecule has 6 heteroatoms. The van der Waals surface area contributed by atoms with Crippen LogP contribution in [0.5, 0.6) is 11.5 Å². The molecule has 3 rings (SSSR count). The summed E-state index contributed by atoms with van der Waals surface area (Å²) in [5, 5.41) is 4.64. The van der Waals surface area contributed by atoms with Crippen LogP contribution in [-0.2, 0) is 16.0 Å². The number of ether oxygens (including phenoxy) is 2. The maximum absolute atomic E-state index is 12.1. The van der Waals surface area contributed by atoms with E-state index in [1.54, 1.807) is 35.7 Å². The van der Waals surface area contributed by atoms with E-state index in [9.17, 15) is 9.59 Å². The topological polar surface area (TPSA) is 64.6 Å². The molecule has 0 saturated carbocycles. The molecule has 1 N–H and O–H groups in total. The maximum Gasteiger partial charge on any atom is 0.351 e. The van der Waals surface area contributed by atoms with E-state index >= 15 is 0 Å². The SMILES string of the molecule is COC(=O)c1sccc1Oc1ccc(NC(=O)CCc2ccccc2)cc1. The first-order valence-corrected chi connectivity index (χ1v) is 9.31. The van der Waals surface area contributed by atoms with Crippen molar-refractivity contribution in [2.45, 2.75) is 12.8 Å². The quantitative estimate of drug-likeness (QED) is 0.591. The molecular weight excluding hydrogens is 362 g/mol. The third-order valence-corrected chi connectivity index (χ3v) is 4.73. The highest BCUT2D eigenvalue weighted by molar-refractivity contribution is 7.12.